The molecule has 2 aromatic rings. The van der Waals surface area contributed by atoms with E-state index in [2.05, 4.69) is 0 Å². The first-order valence-electron chi connectivity index (χ1n) is 5.20. The number of hydrogen-bond donors (Lipinski definition) is 4. The van der Waals surface area contributed by atoms with Gasteiger partial charge in [0, 0.05) is 29.2 Å². The van der Waals surface area contributed by atoms with Gasteiger partial charge in [0.05, 0.1) is 0 Å². The van der Waals surface area contributed by atoms with Crippen LogP contribution in [-0.4, -0.2) is 0 Å². The van der Waals surface area contributed by atoms with E-state index in [0.29, 0.717) is 22.7 Å². The number of rotatable bonds is 2. The summed E-state index contributed by atoms with van der Waals surface area (Å²) < 4.78 is 0. The Hall–Kier alpha value is -2.36. The van der Waals surface area contributed by atoms with Gasteiger partial charge in [-0.2, -0.15) is 0 Å². The van der Waals surface area contributed by atoms with Crippen molar-refractivity contribution in [1.82, 2.24) is 0 Å². The van der Waals surface area contributed by atoms with Crippen molar-refractivity contribution in [2.45, 2.75) is 0 Å². The lowest BCUT2D eigenvalue weighted by molar-refractivity contribution is 1.43. The van der Waals surface area contributed by atoms with Crippen LogP contribution in [0.25, 0.3) is 0 Å². The molecule has 4 heteroatoms. The minimum Gasteiger partial charge on any atom is -0.399 e. The smallest absolute Gasteiger partial charge is 0.0337 e. The second-order valence-corrected chi connectivity index (χ2v) is 4.01. The van der Waals surface area contributed by atoms with Crippen molar-refractivity contribution in [3.8, 4) is 0 Å². The Balaban J connectivity index is 2.31. The van der Waals surface area contributed by atoms with Crippen LogP contribution in [0.5, 0.6) is 0 Å². The van der Waals surface area contributed by atoms with Crippen LogP contribution in [0.4, 0.5) is 22.7 Å². The van der Waals surface area contributed by atoms with E-state index < -0.39 is 0 Å². The predicted octanol–water partition coefficient (Wildman–Crippen LogP) is 1.62. The van der Waals surface area contributed by atoms with Gasteiger partial charge in [-0.1, -0.05) is 0 Å². The number of benzene rings is 2. The molecule has 2 rings (SSSR count). The summed E-state index contributed by atoms with van der Waals surface area (Å²) in [4.78, 5) is 0. The maximum Gasteiger partial charge on any atom is 0.0337 e. The summed E-state index contributed by atoms with van der Waals surface area (Å²) >= 11 is 0. The molecule has 4 nitrogen and oxygen atoms in total. The predicted molar refractivity (Wildman–Crippen MR) is 73.0 cm³/mol. The van der Waals surface area contributed by atoms with Crippen molar-refractivity contribution in [2.24, 2.45) is 0 Å². The van der Waals surface area contributed by atoms with Gasteiger partial charge >= 0.3 is 0 Å². The van der Waals surface area contributed by atoms with E-state index in [4.69, 9.17) is 22.9 Å². The highest BCUT2D eigenvalue weighted by atomic mass is 14.6. The first kappa shape index (κ1) is 11.1. The summed E-state index contributed by atoms with van der Waals surface area (Å²) in [5.41, 5.74) is 27.3. The Labute approximate surface area is 100 Å². The molecule has 0 saturated heterocycles. The van der Waals surface area contributed by atoms with Crippen LogP contribution in [0.3, 0.4) is 0 Å². The van der Waals surface area contributed by atoms with Gasteiger partial charge in [0.2, 0.25) is 0 Å². The lowest BCUT2D eigenvalue weighted by atomic mass is 10.0. The van der Waals surface area contributed by atoms with Gasteiger partial charge in [0.1, 0.15) is 0 Å². The van der Waals surface area contributed by atoms with Crippen LogP contribution in [0.1, 0.15) is 11.1 Å². The van der Waals surface area contributed by atoms with Crippen LogP contribution in [0, 0.1) is 6.42 Å². The summed E-state index contributed by atoms with van der Waals surface area (Å²) in [5, 5.41) is 0. The summed E-state index contributed by atoms with van der Waals surface area (Å²) in [6, 6.07) is 10.8. The zero-order chi connectivity index (χ0) is 12.4. The second kappa shape index (κ2) is 4.25. The molecule has 2 aromatic carbocycles. The Morgan fingerprint density at radius 1 is 0.529 bits per heavy atom. The highest BCUT2D eigenvalue weighted by Crippen LogP contribution is 2.21. The average Bonchev–Trinajstić information content (AvgIpc) is 2.13. The van der Waals surface area contributed by atoms with Crippen LogP contribution in [-0.2, 0) is 0 Å². The van der Waals surface area contributed by atoms with E-state index in [9.17, 15) is 0 Å². The van der Waals surface area contributed by atoms with Gasteiger partial charge in [0.25, 0.3) is 0 Å². The zero-order valence-electron chi connectivity index (χ0n) is 9.35. The summed E-state index contributed by atoms with van der Waals surface area (Å²) in [6.07, 6.45) is 1.93. The Bertz CT molecular complexity index is 459. The molecule has 0 fully saturated rings. The number of hydrogen-bond acceptors (Lipinski definition) is 4. The number of nitrogen functional groups attached to an aromatic ring is 4. The van der Waals surface area contributed by atoms with E-state index in [-0.39, 0.29) is 0 Å². The van der Waals surface area contributed by atoms with Crippen molar-refractivity contribution in [1.29, 1.82) is 0 Å². The third-order valence-corrected chi connectivity index (χ3v) is 2.33. The standard InChI is InChI=1S/C13H15N4/c14-10-2-8(3-11(15)6-10)1-9-4-12(16)7-13(17)5-9/h1-7H,14-17H2. The molecule has 0 bridgehead atoms. The molecule has 0 saturated carbocycles. The van der Waals surface area contributed by atoms with E-state index in [1.807, 2.05) is 30.7 Å². The molecule has 0 aliphatic heterocycles. The Morgan fingerprint density at radius 2 is 0.824 bits per heavy atom. The lowest BCUT2D eigenvalue weighted by Gasteiger charge is -2.06. The van der Waals surface area contributed by atoms with Crippen molar-refractivity contribution < 1.29 is 0 Å². The van der Waals surface area contributed by atoms with Crippen molar-refractivity contribution in [3.05, 3.63) is 53.9 Å². The largest absolute Gasteiger partial charge is 0.399 e. The van der Waals surface area contributed by atoms with Gasteiger partial charge in [-0.25, -0.2) is 0 Å². The monoisotopic (exact) mass is 227 g/mol. The molecule has 1 radical (unpaired) electrons. The fraction of sp³-hybridized carbons (Fsp3) is 0. The lowest BCUT2D eigenvalue weighted by Crippen LogP contribution is -1.96. The van der Waals surface area contributed by atoms with Crippen LogP contribution >= 0.6 is 0 Å². The van der Waals surface area contributed by atoms with Gasteiger partial charge in [0.15, 0.2) is 0 Å². The maximum atomic E-state index is 5.72. The average molecular weight is 227 g/mol. The van der Waals surface area contributed by atoms with Crippen LogP contribution < -0.4 is 22.9 Å². The summed E-state index contributed by atoms with van der Waals surface area (Å²) in [7, 11) is 0. The first-order valence-corrected chi connectivity index (χ1v) is 5.20. The van der Waals surface area contributed by atoms with E-state index in [0.717, 1.165) is 11.1 Å². The molecule has 17 heavy (non-hydrogen) atoms. The van der Waals surface area contributed by atoms with Gasteiger partial charge in [-0.3, -0.25) is 0 Å². The molecule has 0 heterocycles. The van der Waals surface area contributed by atoms with Gasteiger partial charge < -0.3 is 22.9 Å². The molecular formula is C13H15N4. The molecule has 0 aromatic heterocycles. The molecule has 87 valence electrons. The zero-order valence-corrected chi connectivity index (χ0v) is 9.35. The quantitative estimate of drug-likeness (QED) is 0.585. The molecule has 0 unspecified atom stereocenters. The molecule has 0 amide bonds. The van der Waals surface area contributed by atoms with E-state index >= 15 is 0 Å². The van der Waals surface area contributed by atoms with Crippen molar-refractivity contribution >= 4 is 22.7 Å². The second-order valence-electron chi connectivity index (χ2n) is 4.01. The molecule has 8 N–H and O–H groups in total. The highest BCUT2D eigenvalue weighted by Gasteiger charge is 2.01. The van der Waals surface area contributed by atoms with Gasteiger partial charge in [-0.05, 0) is 47.5 Å². The summed E-state index contributed by atoms with van der Waals surface area (Å²) in [6.45, 7) is 0. The molecule has 0 aliphatic carbocycles. The minimum atomic E-state index is 0.633. The first-order chi connectivity index (χ1) is 8.02. The van der Waals surface area contributed by atoms with Crippen molar-refractivity contribution in [3.63, 3.8) is 0 Å². The Morgan fingerprint density at radius 3 is 1.12 bits per heavy atom. The highest BCUT2D eigenvalue weighted by molar-refractivity contribution is 5.61. The normalized spacial score (nSPS) is 10.4. The van der Waals surface area contributed by atoms with E-state index in [1.165, 1.54) is 0 Å². The maximum absolute atomic E-state index is 5.72. The fourth-order valence-electron chi connectivity index (χ4n) is 1.76. The molecule has 0 aliphatic rings. The van der Waals surface area contributed by atoms with E-state index in [1.54, 1.807) is 12.1 Å². The topological polar surface area (TPSA) is 104 Å². The van der Waals surface area contributed by atoms with Crippen LogP contribution in [0.2, 0.25) is 0 Å². The minimum absolute atomic E-state index is 0.633. The third-order valence-electron chi connectivity index (χ3n) is 2.33. The Kier molecular flexibility index (Phi) is 2.78. The summed E-state index contributed by atoms with van der Waals surface area (Å²) in [5.74, 6) is 0. The third kappa shape index (κ3) is 2.81. The molecule has 0 atom stereocenters. The van der Waals surface area contributed by atoms with Crippen LogP contribution in [0.15, 0.2) is 36.4 Å². The number of anilines is 4. The molecule has 0 spiro atoms. The SMILES string of the molecule is Nc1cc(N)cc([CH]c2cc(N)cc(N)c2)c1. The van der Waals surface area contributed by atoms with Crippen molar-refractivity contribution in [2.75, 3.05) is 22.9 Å². The fourth-order valence-corrected chi connectivity index (χ4v) is 1.76. The van der Waals surface area contributed by atoms with Gasteiger partial charge in [-0.15, -0.1) is 0 Å². The molecular weight excluding hydrogens is 212 g/mol. The number of nitrogens with two attached hydrogens (primary N) is 4.